The zero-order valence-electron chi connectivity index (χ0n) is 16.5. The molecule has 0 saturated heterocycles. The first-order chi connectivity index (χ1) is 14.6. The van der Waals surface area contributed by atoms with Gasteiger partial charge in [0, 0.05) is 24.4 Å². The third kappa shape index (κ3) is 3.18. The molecule has 30 heavy (non-hydrogen) atoms. The number of nitrogens with zero attached hydrogens (tertiary/aromatic N) is 4. The van der Waals surface area contributed by atoms with E-state index in [1.54, 1.807) is 17.7 Å². The van der Waals surface area contributed by atoms with Crippen LogP contribution < -0.4 is 10.1 Å². The minimum atomic E-state index is -0.261. The molecule has 0 aliphatic carbocycles. The summed E-state index contributed by atoms with van der Waals surface area (Å²) in [5, 5.41) is 11.0. The summed E-state index contributed by atoms with van der Waals surface area (Å²) < 4.78 is 18.2. The van der Waals surface area contributed by atoms with E-state index in [0.29, 0.717) is 29.8 Å². The molecule has 1 aliphatic rings. The van der Waals surface area contributed by atoms with Crippen molar-refractivity contribution in [2.24, 2.45) is 0 Å². The Balaban J connectivity index is 1.36. The van der Waals surface area contributed by atoms with Crippen LogP contribution in [0.25, 0.3) is 17.1 Å². The number of methoxy groups -OCH3 is 1. The van der Waals surface area contributed by atoms with Crippen molar-refractivity contribution in [1.29, 1.82) is 0 Å². The fourth-order valence-corrected chi connectivity index (χ4v) is 3.50. The predicted octanol–water partition coefficient (Wildman–Crippen LogP) is 2.70. The number of imidazole rings is 1. The number of rotatable bonds is 5. The molecule has 152 valence electrons. The lowest BCUT2D eigenvalue weighted by atomic mass is 10.1. The first-order valence-electron chi connectivity index (χ1n) is 9.45. The van der Waals surface area contributed by atoms with E-state index >= 15 is 0 Å². The number of hydrogen-bond donors (Lipinski definition) is 1. The lowest BCUT2D eigenvalue weighted by molar-refractivity contribution is 0.0924. The molecule has 1 N–H and O–H groups in total. The summed E-state index contributed by atoms with van der Waals surface area (Å²) in [6.45, 7) is 2.58. The lowest BCUT2D eigenvalue weighted by Crippen LogP contribution is -2.30. The Kier molecular flexibility index (Phi) is 4.44. The summed E-state index contributed by atoms with van der Waals surface area (Å²) in [5.41, 5.74) is 3.90. The second-order valence-electron chi connectivity index (χ2n) is 7.10. The van der Waals surface area contributed by atoms with Crippen LogP contribution in [0, 0.1) is 6.92 Å². The maximum absolute atomic E-state index is 12.9. The van der Waals surface area contributed by atoms with Crippen molar-refractivity contribution >= 4 is 11.6 Å². The van der Waals surface area contributed by atoms with Crippen LogP contribution in [-0.2, 0) is 11.3 Å². The van der Waals surface area contributed by atoms with Crippen molar-refractivity contribution in [3.05, 3.63) is 65.4 Å². The van der Waals surface area contributed by atoms with Gasteiger partial charge in [0.1, 0.15) is 30.3 Å². The van der Waals surface area contributed by atoms with E-state index in [0.717, 1.165) is 22.3 Å². The highest BCUT2D eigenvalue weighted by atomic mass is 16.5. The Labute approximate surface area is 171 Å². The highest BCUT2D eigenvalue weighted by molar-refractivity contribution is 5.93. The van der Waals surface area contributed by atoms with Gasteiger partial charge in [0.05, 0.1) is 12.2 Å². The van der Waals surface area contributed by atoms with E-state index in [4.69, 9.17) is 13.9 Å². The Morgan fingerprint density at radius 3 is 3.07 bits per heavy atom. The smallest absolute Gasteiger partial charge is 0.270 e. The van der Waals surface area contributed by atoms with Gasteiger partial charge in [-0.1, -0.05) is 12.1 Å². The number of pyridine rings is 1. The van der Waals surface area contributed by atoms with Gasteiger partial charge < -0.3 is 19.2 Å². The van der Waals surface area contributed by atoms with Crippen LogP contribution in [0.15, 0.2) is 47.1 Å². The Morgan fingerprint density at radius 1 is 1.30 bits per heavy atom. The maximum atomic E-state index is 12.9. The van der Waals surface area contributed by atoms with Gasteiger partial charge in [0.15, 0.2) is 0 Å². The number of aryl methyl sites for hydroxylation is 1. The SMILES string of the molecule is COCc1nnc(-c2ccc3c(c2)OC[C@H]3NC(=O)c2cnc3ccc(C)cn23)o1. The number of nitrogens with one attached hydrogen (secondary N) is 1. The normalized spacial score (nSPS) is 15.2. The van der Waals surface area contributed by atoms with Gasteiger partial charge in [0.25, 0.3) is 5.91 Å². The van der Waals surface area contributed by atoms with Crippen molar-refractivity contribution in [2.45, 2.75) is 19.6 Å². The van der Waals surface area contributed by atoms with Crippen LogP contribution in [0.1, 0.15) is 33.5 Å². The quantitative estimate of drug-likeness (QED) is 0.544. The van der Waals surface area contributed by atoms with Gasteiger partial charge in [0.2, 0.25) is 11.8 Å². The zero-order valence-corrected chi connectivity index (χ0v) is 16.5. The highest BCUT2D eigenvalue weighted by Gasteiger charge is 2.28. The fourth-order valence-electron chi connectivity index (χ4n) is 3.50. The Hall–Kier alpha value is -3.72. The van der Waals surface area contributed by atoms with Gasteiger partial charge in [-0.2, -0.15) is 0 Å². The molecule has 3 aromatic heterocycles. The average Bonchev–Trinajstić information content (AvgIpc) is 3.46. The minimum absolute atomic E-state index is 0.209. The standard InChI is InChI=1S/C21H19N5O4/c1-12-3-6-18-22-8-16(26(18)9-12)20(27)23-15-10-29-17-7-13(4-5-14(15)17)21-25-24-19(30-21)11-28-2/h3-9,15H,10-11H2,1-2H3,(H,23,27)/t15-/m1/s1. The van der Waals surface area contributed by atoms with Crippen molar-refractivity contribution in [3.63, 3.8) is 0 Å². The van der Waals surface area contributed by atoms with Crippen LogP contribution in [0.4, 0.5) is 0 Å². The molecule has 0 radical (unpaired) electrons. The number of amides is 1. The van der Waals surface area contributed by atoms with Gasteiger partial charge in [-0.15, -0.1) is 10.2 Å². The van der Waals surface area contributed by atoms with E-state index in [9.17, 15) is 4.79 Å². The summed E-state index contributed by atoms with van der Waals surface area (Å²) in [5.74, 6) is 1.27. The molecule has 4 aromatic rings. The molecular formula is C21H19N5O4. The van der Waals surface area contributed by atoms with Crippen LogP contribution in [-0.4, -0.2) is 39.2 Å². The summed E-state index contributed by atoms with van der Waals surface area (Å²) in [6.07, 6.45) is 3.47. The number of ether oxygens (including phenoxy) is 2. The Morgan fingerprint density at radius 2 is 2.20 bits per heavy atom. The van der Waals surface area contributed by atoms with Crippen molar-refractivity contribution < 1.29 is 18.7 Å². The molecular weight excluding hydrogens is 386 g/mol. The molecule has 0 saturated carbocycles. The van der Waals surface area contributed by atoms with Gasteiger partial charge >= 0.3 is 0 Å². The number of benzene rings is 1. The van der Waals surface area contributed by atoms with Gasteiger partial charge in [-0.3, -0.25) is 9.20 Å². The topological polar surface area (TPSA) is 104 Å². The molecule has 4 heterocycles. The minimum Gasteiger partial charge on any atom is -0.491 e. The first-order valence-corrected chi connectivity index (χ1v) is 9.45. The zero-order chi connectivity index (χ0) is 20.7. The Bertz CT molecular complexity index is 1250. The van der Waals surface area contributed by atoms with Gasteiger partial charge in [-0.25, -0.2) is 4.98 Å². The second-order valence-corrected chi connectivity index (χ2v) is 7.10. The van der Waals surface area contributed by atoms with E-state index in [1.807, 2.05) is 43.5 Å². The van der Waals surface area contributed by atoms with E-state index in [1.165, 1.54) is 0 Å². The van der Waals surface area contributed by atoms with Gasteiger partial charge in [-0.05, 0) is 30.7 Å². The fraction of sp³-hybridized carbons (Fsp3) is 0.238. The molecule has 0 spiro atoms. The van der Waals surface area contributed by atoms with E-state index in [-0.39, 0.29) is 18.6 Å². The molecule has 9 heteroatoms. The van der Waals surface area contributed by atoms with Crippen molar-refractivity contribution in [3.8, 4) is 17.2 Å². The highest BCUT2D eigenvalue weighted by Crippen LogP contribution is 2.35. The number of fused-ring (bicyclic) bond motifs is 2. The summed E-state index contributed by atoms with van der Waals surface area (Å²) in [7, 11) is 1.57. The largest absolute Gasteiger partial charge is 0.491 e. The predicted molar refractivity (Wildman–Crippen MR) is 106 cm³/mol. The number of aromatic nitrogens is 4. The molecule has 1 atom stereocenters. The van der Waals surface area contributed by atoms with Crippen LogP contribution in [0.5, 0.6) is 5.75 Å². The van der Waals surface area contributed by atoms with Crippen molar-refractivity contribution in [1.82, 2.24) is 24.9 Å². The van der Waals surface area contributed by atoms with Crippen LogP contribution in [0.3, 0.4) is 0 Å². The van der Waals surface area contributed by atoms with E-state index < -0.39 is 0 Å². The van der Waals surface area contributed by atoms with Crippen LogP contribution in [0.2, 0.25) is 0 Å². The molecule has 0 unspecified atom stereocenters. The molecule has 5 rings (SSSR count). The summed E-state index contributed by atoms with van der Waals surface area (Å²) >= 11 is 0. The monoisotopic (exact) mass is 405 g/mol. The molecule has 0 fully saturated rings. The number of carbonyl (C=O) groups is 1. The molecule has 1 aliphatic heterocycles. The average molecular weight is 405 g/mol. The molecule has 0 bridgehead atoms. The number of hydrogen-bond acceptors (Lipinski definition) is 7. The first kappa shape index (κ1) is 18.3. The summed E-state index contributed by atoms with van der Waals surface area (Å²) in [4.78, 5) is 17.2. The maximum Gasteiger partial charge on any atom is 0.270 e. The second kappa shape index (κ2) is 7.27. The summed E-state index contributed by atoms with van der Waals surface area (Å²) in [6, 6.07) is 9.20. The third-order valence-corrected chi connectivity index (χ3v) is 4.97. The molecule has 1 amide bonds. The van der Waals surface area contributed by atoms with Crippen molar-refractivity contribution in [2.75, 3.05) is 13.7 Å². The lowest BCUT2D eigenvalue weighted by Gasteiger charge is -2.12. The third-order valence-electron chi connectivity index (χ3n) is 4.97. The van der Waals surface area contributed by atoms with Crippen LogP contribution >= 0.6 is 0 Å². The molecule has 1 aromatic carbocycles. The number of carbonyl (C=O) groups excluding carboxylic acids is 1. The van der Waals surface area contributed by atoms with E-state index in [2.05, 4.69) is 20.5 Å². The molecule has 9 nitrogen and oxygen atoms in total.